The van der Waals surface area contributed by atoms with Crippen LogP contribution in [-0.2, 0) is 8.98 Å². The van der Waals surface area contributed by atoms with Crippen LogP contribution in [0.2, 0.25) is 0 Å². The zero-order valence-electron chi connectivity index (χ0n) is 8.32. The summed E-state index contributed by atoms with van der Waals surface area (Å²) in [5.74, 6) is 0.207. The summed E-state index contributed by atoms with van der Waals surface area (Å²) in [4.78, 5) is 11.2. The molecule has 0 atom stereocenters. The second kappa shape index (κ2) is 4.63. The van der Waals surface area contributed by atoms with Crippen LogP contribution in [-0.4, -0.2) is 20.8 Å². The van der Waals surface area contributed by atoms with Crippen molar-refractivity contribution in [3.8, 4) is 5.82 Å². The van der Waals surface area contributed by atoms with Crippen molar-refractivity contribution in [1.29, 1.82) is 0 Å². The van der Waals surface area contributed by atoms with Crippen molar-refractivity contribution in [2.75, 3.05) is 0 Å². The maximum Gasteiger partial charge on any atom is 0.370 e. The second-order valence-corrected chi connectivity index (χ2v) is 3.56. The van der Waals surface area contributed by atoms with Gasteiger partial charge in [-0.15, -0.1) is 5.10 Å². The molecule has 0 aliphatic heterocycles. The van der Waals surface area contributed by atoms with Crippen LogP contribution in [0, 0.1) is 6.20 Å². The molecule has 16 heavy (non-hydrogen) atoms. The maximum absolute atomic E-state index is 10.6. The molecule has 0 aliphatic carbocycles. The fourth-order valence-corrected chi connectivity index (χ4v) is 1.38. The summed E-state index contributed by atoms with van der Waals surface area (Å²) in [5.41, 5.74) is 0. The van der Waals surface area contributed by atoms with E-state index in [1.165, 1.54) is 11.6 Å². The van der Waals surface area contributed by atoms with Crippen LogP contribution in [0.15, 0.2) is 29.4 Å². The molecule has 0 unspecified atom stereocenters. The van der Waals surface area contributed by atoms with Gasteiger partial charge in [0.2, 0.25) is 10.7 Å². The molecule has 7 heteroatoms. The van der Waals surface area contributed by atoms with Crippen LogP contribution in [0.4, 0.5) is 0 Å². The summed E-state index contributed by atoms with van der Waals surface area (Å²) in [6.07, 6.45) is 5.92. The van der Waals surface area contributed by atoms with E-state index in [4.69, 9.17) is 4.18 Å². The Morgan fingerprint density at radius 2 is 2.56 bits per heavy atom. The number of carbonyl (C=O) groups excluding carboxylic acids is 1. The largest absolute Gasteiger partial charge is 0.385 e. The lowest BCUT2D eigenvalue weighted by atomic mass is 10.5. The highest BCUT2D eigenvalue weighted by Gasteiger charge is 2.12. The molecular weight excluding hydrogens is 228 g/mol. The van der Waals surface area contributed by atoms with Gasteiger partial charge in [-0.3, -0.25) is 4.79 Å². The fourth-order valence-electron chi connectivity index (χ4n) is 0.949. The SMILES string of the molecule is CC(=O)OSc1c#[n+]n(-c2cccnn2)c1. The smallest absolute Gasteiger partial charge is 0.370 e. The summed E-state index contributed by atoms with van der Waals surface area (Å²) < 4.78 is 6.23. The molecule has 0 spiro atoms. The molecule has 0 aliphatic rings. The van der Waals surface area contributed by atoms with Gasteiger partial charge in [0.25, 0.3) is 0 Å². The minimum absolute atomic E-state index is 0.370. The van der Waals surface area contributed by atoms with E-state index >= 15 is 0 Å². The van der Waals surface area contributed by atoms with Crippen molar-refractivity contribution in [3.05, 3.63) is 30.7 Å². The van der Waals surface area contributed by atoms with Gasteiger partial charge in [0.15, 0.2) is 0 Å². The highest BCUT2D eigenvalue weighted by atomic mass is 32.2. The lowest BCUT2D eigenvalue weighted by molar-refractivity contribution is -0.401. The number of nitrogens with zero attached hydrogens (tertiary/aromatic N) is 4. The normalized spacial score (nSPS) is 9.56. The lowest BCUT2D eigenvalue weighted by Gasteiger charge is -1.91. The molecule has 0 amide bonds. The highest BCUT2D eigenvalue weighted by Crippen LogP contribution is 2.15. The van der Waals surface area contributed by atoms with Gasteiger partial charge in [0.05, 0.1) is 0 Å². The minimum Gasteiger partial charge on any atom is -0.385 e. The van der Waals surface area contributed by atoms with Crippen LogP contribution in [0.1, 0.15) is 6.92 Å². The van der Waals surface area contributed by atoms with Crippen LogP contribution in [0.5, 0.6) is 0 Å². The van der Waals surface area contributed by atoms with Gasteiger partial charge in [-0.1, -0.05) is 0 Å². The van der Waals surface area contributed by atoms with Crippen LogP contribution in [0.3, 0.4) is 0 Å². The molecule has 0 saturated heterocycles. The van der Waals surface area contributed by atoms with Gasteiger partial charge in [0.1, 0.15) is 23.3 Å². The van der Waals surface area contributed by atoms with Crippen molar-refractivity contribution in [2.45, 2.75) is 11.8 Å². The van der Waals surface area contributed by atoms with E-state index in [-0.39, 0.29) is 5.97 Å². The molecule has 6 nitrogen and oxygen atoms in total. The summed E-state index contributed by atoms with van der Waals surface area (Å²) in [5, 5.41) is 11.5. The topological polar surface area (TPSA) is 71.1 Å². The van der Waals surface area contributed by atoms with Gasteiger partial charge in [-0.2, -0.15) is 5.10 Å². The van der Waals surface area contributed by atoms with E-state index in [2.05, 4.69) is 21.5 Å². The van der Waals surface area contributed by atoms with Crippen molar-refractivity contribution < 1.29 is 14.1 Å². The van der Waals surface area contributed by atoms with E-state index < -0.39 is 0 Å². The maximum atomic E-state index is 10.6. The Morgan fingerprint density at radius 1 is 1.69 bits per heavy atom. The van der Waals surface area contributed by atoms with Crippen molar-refractivity contribution >= 4 is 18.0 Å². The Morgan fingerprint density at radius 3 is 3.25 bits per heavy atom. The Bertz CT molecular complexity index is 485. The van der Waals surface area contributed by atoms with Gasteiger partial charge in [0, 0.05) is 17.8 Å². The Labute approximate surface area is 95.8 Å². The third kappa shape index (κ3) is 2.49. The van der Waals surface area contributed by atoms with Crippen molar-refractivity contribution in [2.24, 2.45) is 0 Å². The molecule has 0 aromatic carbocycles. The van der Waals surface area contributed by atoms with Crippen molar-refractivity contribution in [1.82, 2.24) is 14.9 Å². The van der Waals surface area contributed by atoms with E-state index in [1.54, 1.807) is 24.5 Å². The van der Waals surface area contributed by atoms with E-state index in [9.17, 15) is 4.79 Å². The Balaban J connectivity index is 2.11. The third-order valence-electron chi connectivity index (χ3n) is 1.55. The number of hydrogen-bond acceptors (Lipinski definition) is 5. The lowest BCUT2D eigenvalue weighted by Crippen LogP contribution is -2.10. The molecule has 80 valence electrons. The number of hydrogen-bond donors (Lipinski definition) is 0. The standard InChI is InChI=1S/C9H7N4O2S/c1-7(14)15-16-8-5-11-13(6-8)9-3-2-4-10-12-9/h2-4,6H,1H3/q+1. The molecule has 2 rings (SSSR count). The number of aromatic nitrogens is 4. The molecular formula is C9H7N4O2S+. The quantitative estimate of drug-likeness (QED) is 0.709. The minimum atomic E-state index is -0.370. The Kier molecular flexibility index (Phi) is 3.03. The molecule has 2 aromatic rings. The van der Waals surface area contributed by atoms with Gasteiger partial charge in [-0.05, 0) is 12.1 Å². The van der Waals surface area contributed by atoms with Gasteiger partial charge in [-0.25, -0.2) is 0 Å². The Hall–Kier alpha value is -2.07. The molecule has 0 radical (unpaired) electrons. The van der Waals surface area contributed by atoms with E-state index in [0.717, 1.165) is 12.0 Å². The average molecular weight is 235 g/mol. The zero-order chi connectivity index (χ0) is 11.4. The van der Waals surface area contributed by atoms with E-state index in [0.29, 0.717) is 10.7 Å². The molecule has 0 fully saturated rings. The average Bonchev–Trinajstić information content (AvgIpc) is 2.76. The first-order valence-electron chi connectivity index (χ1n) is 4.36. The first-order chi connectivity index (χ1) is 7.75. The zero-order valence-corrected chi connectivity index (χ0v) is 9.14. The summed E-state index contributed by atoms with van der Waals surface area (Å²) in [6.45, 7) is 1.33. The summed E-state index contributed by atoms with van der Waals surface area (Å²) in [6, 6.07) is 3.51. The molecule has 0 bridgehead atoms. The molecule has 2 aromatic heterocycles. The first kappa shape index (κ1) is 10.4. The molecule has 0 saturated carbocycles. The fraction of sp³-hybridized carbons (Fsp3) is 0.111. The van der Waals surface area contributed by atoms with Gasteiger partial charge < -0.3 is 4.18 Å². The number of carbonyl (C=O) groups is 1. The summed E-state index contributed by atoms with van der Waals surface area (Å²) in [7, 11) is 0. The second-order valence-electron chi connectivity index (χ2n) is 2.79. The highest BCUT2D eigenvalue weighted by molar-refractivity contribution is 7.95. The van der Waals surface area contributed by atoms with E-state index in [1.807, 2.05) is 0 Å². The predicted octanol–water partition coefficient (Wildman–Crippen LogP) is 0.238. The van der Waals surface area contributed by atoms with Gasteiger partial charge >= 0.3 is 12.2 Å². The monoisotopic (exact) mass is 235 g/mol. The first-order valence-corrected chi connectivity index (χ1v) is 5.10. The predicted molar refractivity (Wildman–Crippen MR) is 53.4 cm³/mol. The van der Waals surface area contributed by atoms with Crippen LogP contribution < -0.4 is 5.10 Å². The van der Waals surface area contributed by atoms with Crippen LogP contribution >= 0.6 is 12.0 Å². The van der Waals surface area contributed by atoms with Crippen LogP contribution in [0.25, 0.3) is 5.82 Å². The third-order valence-corrected chi connectivity index (χ3v) is 2.24. The molecule has 2 heterocycles. The molecule has 0 N–H and O–H groups in total. The summed E-state index contributed by atoms with van der Waals surface area (Å²) >= 11 is 0.907. The number of rotatable bonds is 3. The van der Waals surface area contributed by atoms with Crippen molar-refractivity contribution in [3.63, 3.8) is 0 Å².